The number of nitrogens with zero attached hydrogens (tertiary/aromatic N) is 2. The Morgan fingerprint density at radius 3 is 0.833 bits per heavy atom. The van der Waals surface area contributed by atoms with Crippen molar-refractivity contribution in [1.82, 2.24) is 9.13 Å². The van der Waals surface area contributed by atoms with E-state index in [0.29, 0.717) is 0 Å². The Morgan fingerprint density at radius 1 is 0.583 bits per heavy atom. The van der Waals surface area contributed by atoms with Crippen LogP contribution in [0.2, 0.25) is 26.2 Å². The zero-order valence-electron chi connectivity index (χ0n) is 9.89. The molecule has 12 heavy (non-hydrogen) atoms. The summed E-state index contributed by atoms with van der Waals surface area (Å²) < 4.78 is 4.94. The lowest BCUT2D eigenvalue weighted by atomic mass is 11.3. The summed E-state index contributed by atoms with van der Waals surface area (Å²) in [7, 11) is 6.56. The maximum atomic E-state index is 2.47. The van der Waals surface area contributed by atoms with Gasteiger partial charge in [0.15, 0.2) is 0 Å². The minimum Gasteiger partial charge on any atom is -0.330 e. The van der Waals surface area contributed by atoms with Gasteiger partial charge in [0.05, 0.1) is 0 Å². The molecule has 4 heteroatoms. The van der Waals surface area contributed by atoms with Crippen LogP contribution in [0.3, 0.4) is 0 Å². The molecule has 0 bridgehead atoms. The summed E-state index contributed by atoms with van der Waals surface area (Å²) in [6.07, 6.45) is 0. The maximum absolute atomic E-state index is 2.47. The fraction of sp³-hybridized carbons (Fsp3) is 1.00. The third-order valence-electron chi connectivity index (χ3n) is 3.73. The van der Waals surface area contributed by atoms with Gasteiger partial charge in [-0.2, -0.15) is 0 Å². The molecular weight excluding hydrogens is 180 g/mol. The second-order valence-corrected chi connectivity index (χ2v) is 20.3. The Morgan fingerprint density at radius 2 is 0.750 bits per heavy atom. The van der Waals surface area contributed by atoms with E-state index in [1.54, 1.807) is 0 Å². The Balaban J connectivity index is 4.75. The lowest BCUT2D eigenvalue weighted by Crippen LogP contribution is -2.70. The first-order chi connectivity index (χ1) is 5.14. The molecule has 0 rings (SSSR count). The van der Waals surface area contributed by atoms with Gasteiger partial charge in [-0.25, -0.2) is 0 Å². The first-order valence-electron chi connectivity index (χ1n) is 4.49. The van der Waals surface area contributed by atoms with Crippen molar-refractivity contribution < 1.29 is 0 Å². The normalized spacial score (nSPS) is 14.5. The molecule has 0 radical (unpaired) electrons. The largest absolute Gasteiger partial charge is 0.330 e. The number of hydrogen-bond donors (Lipinski definition) is 0. The van der Waals surface area contributed by atoms with E-state index in [0.717, 1.165) is 0 Å². The van der Waals surface area contributed by atoms with E-state index in [4.69, 9.17) is 0 Å². The summed E-state index contributed by atoms with van der Waals surface area (Å²) in [5.74, 6) is 0. The zero-order chi connectivity index (χ0) is 10.2. The lowest BCUT2D eigenvalue weighted by Gasteiger charge is -2.46. The fourth-order valence-corrected chi connectivity index (χ4v) is 9.85. The summed E-state index contributed by atoms with van der Waals surface area (Å²) in [5.41, 5.74) is 0. The molecule has 0 atom stereocenters. The average molecular weight is 204 g/mol. The van der Waals surface area contributed by atoms with Gasteiger partial charge in [0, 0.05) is 0 Å². The highest BCUT2D eigenvalue weighted by Crippen LogP contribution is 2.22. The second-order valence-electron chi connectivity index (χ2n) is 4.91. The van der Waals surface area contributed by atoms with Crippen molar-refractivity contribution in [3.63, 3.8) is 0 Å². The van der Waals surface area contributed by atoms with Gasteiger partial charge in [-0.15, -0.1) is 0 Å². The fourth-order valence-electron chi connectivity index (χ4n) is 1.09. The molecule has 0 aliphatic carbocycles. The summed E-state index contributed by atoms with van der Waals surface area (Å²) in [5, 5.41) is 0. The van der Waals surface area contributed by atoms with Crippen LogP contribution in [0.25, 0.3) is 0 Å². The van der Waals surface area contributed by atoms with Gasteiger partial charge in [0.2, 0.25) is 0 Å². The number of hydrogen-bond acceptors (Lipinski definition) is 2. The van der Waals surface area contributed by atoms with Crippen LogP contribution in [0.5, 0.6) is 0 Å². The van der Waals surface area contributed by atoms with Crippen molar-refractivity contribution >= 4 is 15.5 Å². The molecule has 0 saturated carbocycles. The summed E-state index contributed by atoms with van der Waals surface area (Å²) in [6, 6.07) is 0. The van der Waals surface area contributed by atoms with Crippen LogP contribution < -0.4 is 0 Å². The molecule has 0 heterocycles. The zero-order valence-corrected chi connectivity index (χ0v) is 11.9. The first-order valence-corrected chi connectivity index (χ1v) is 11.4. The standard InChI is InChI=1S/C8H24N2Si2/c1-9(2)11(5,6)12(7,8)10(3)4/h1-8H3. The number of rotatable bonds is 3. The van der Waals surface area contributed by atoms with Crippen LogP contribution in [0.1, 0.15) is 0 Å². The van der Waals surface area contributed by atoms with E-state index in [9.17, 15) is 0 Å². The molecule has 0 aliphatic rings. The van der Waals surface area contributed by atoms with Crippen LogP contribution in [0, 0.1) is 0 Å². The van der Waals surface area contributed by atoms with E-state index >= 15 is 0 Å². The molecule has 74 valence electrons. The van der Waals surface area contributed by atoms with E-state index in [2.05, 4.69) is 63.5 Å². The van der Waals surface area contributed by atoms with Crippen LogP contribution in [0.15, 0.2) is 0 Å². The van der Waals surface area contributed by atoms with Crippen LogP contribution in [-0.2, 0) is 0 Å². The van der Waals surface area contributed by atoms with Gasteiger partial charge in [-0.1, -0.05) is 26.2 Å². The van der Waals surface area contributed by atoms with Gasteiger partial charge >= 0.3 is 0 Å². The van der Waals surface area contributed by atoms with Crippen molar-refractivity contribution in [3.05, 3.63) is 0 Å². The molecule has 0 N–H and O–H groups in total. The highest BCUT2D eigenvalue weighted by molar-refractivity contribution is 7.38. The third kappa shape index (κ3) is 1.99. The molecule has 0 fully saturated rings. The highest BCUT2D eigenvalue weighted by Gasteiger charge is 2.45. The third-order valence-corrected chi connectivity index (χ3v) is 22.9. The molecular formula is C8H24N2Si2. The van der Waals surface area contributed by atoms with Crippen molar-refractivity contribution in [3.8, 4) is 0 Å². The quantitative estimate of drug-likeness (QED) is 0.644. The molecule has 0 aromatic heterocycles. The molecule has 0 aliphatic heterocycles. The van der Waals surface area contributed by atoms with Gasteiger partial charge in [0.25, 0.3) is 0 Å². The molecule has 0 unspecified atom stereocenters. The van der Waals surface area contributed by atoms with Crippen molar-refractivity contribution in [2.75, 3.05) is 28.2 Å². The predicted octanol–water partition coefficient (Wildman–Crippen LogP) is 1.60. The monoisotopic (exact) mass is 204 g/mol. The van der Waals surface area contributed by atoms with Crippen LogP contribution in [-0.4, -0.2) is 52.8 Å². The topological polar surface area (TPSA) is 6.48 Å². The van der Waals surface area contributed by atoms with Gasteiger partial charge < -0.3 is 9.13 Å². The average Bonchev–Trinajstić information content (AvgIpc) is 1.86. The second kappa shape index (κ2) is 3.61. The summed E-state index contributed by atoms with van der Waals surface area (Å²) >= 11 is 0. The minimum atomic E-state index is -1.17. The van der Waals surface area contributed by atoms with Crippen LogP contribution >= 0.6 is 0 Å². The maximum Gasteiger partial charge on any atom is 0.129 e. The SMILES string of the molecule is CN(C)[Si](C)(C)[Si](C)(C)N(C)C. The van der Waals surface area contributed by atoms with Gasteiger partial charge in [0.1, 0.15) is 15.5 Å². The van der Waals surface area contributed by atoms with Crippen molar-refractivity contribution in [1.29, 1.82) is 0 Å². The van der Waals surface area contributed by atoms with Crippen LogP contribution in [0.4, 0.5) is 0 Å². The van der Waals surface area contributed by atoms with Crippen molar-refractivity contribution in [2.45, 2.75) is 26.2 Å². The van der Waals surface area contributed by atoms with E-state index < -0.39 is 15.5 Å². The van der Waals surface area contributed by atoms with E-state index in [1.807, 2.05) is 0 Å². The Bertz CT molecular complexity index is 135. The molecule has 0 aromatic carbocycles. The lowest BCUT2D eigenvalue weighted by molar-refractivity contribution is 0.599. The minimum absolute atomic E-state index is 1.17. The summed E-state index contributed by atoms with van der Waals surface area (Å²) in [6.45, 7) is 9.89. The molecule has 0 saturated heterocycles. The van der Waals surface area contributed by atoms with Gasteiger partial charge in [-0.05, 0) is 28.2 Å². The molecule has 0 spiro atoms. The first kappa shape index (κ1) is 12.4. The molecule has 2 nitrogen and oxygen atoms in total. The van der Waals surface area contributed by atoms with E-state index in [-0.39, 0.29) is 0 Å². The smallest absolute Gasteiger partial charge is 0.129 e. The predicted molar refractivity (Wildman–Crippen MR) is 62.3 cm³/mol. The van der Waals surface area contributed by atoms with E-state index in [1.165, 1.54) is 0 Å². The summed E-state index contributed by atoms with van der Waals surface area (Å²) in [4.78, 5) is 0. The Labute approximate surface area is 79.5 Å². The molecule has 0 amide bonds. The van der Waals surface area contributed by atoms with Crippen molar-refractivity contribution in [2.24, 2.45) is 0 Å². The Hall–Kier alpha value is 0.354. The van der Waals surface area contributed by atoms with Gasteiger partial charge in [-0.3, -0.25) is 0 Å². The highest BCUT2D eigenvalue weighted by atomic mass is 29.3. The Kier molecular flexibility index (Phi) is 3.72. The molecule has 0 aromatic rings.